The molecule has 0 spiro atoms. The largest absolute Gasteiger partial charge is 0.611 e. The van der Waals surface area contributed by atoms with Gasteiger partial charge >= 0.3 is 0 Å². The summed E-state index contributed by atoms with van der Waals surface area (Å²) in [4.78, 5) is 15.0. The second-order valence-corrected chi connectivity index (χ2v) is 10.6. The van der Waals surface area contributed by atoms with Crippen LogP contribution in [0.1, 0.15) is 25.0 Å². The van der Waals surface area contributed by atoms with Crippen molar-refractivity contribution in [2.75, 3.05) is 0 Å². The summed E-state index contributed by atoms with van der Waals surface area (Å²) < 4.78 is 43.3. The van der Waals surface area contributed by atoms with E-state index in [4.69, 9.17) is 0 Å². The Morgan fingerprint density at radius 2 is 1.71 bits per heavy atom. The van der Waals surface area contributed by atoms with Crippen LogP contribution in [0.3, 0.4) is 0 Å². The highest BCUT2D eigenvalue weighted by Gasteiger charge is 2.26. The van der Waals surface area contributed by atoms with Crippen molar-refractivity contribution in [2.24, 2.45) is 0 Å². The van der Waals surface area contributed by atoms with Crippen LogP contribution in [0.5, 0.6) is 0 Å². The van der Waals surface area contributed by atoms with Crippen LogP contribution in [0.15, 0.2) is 64.4 Å². The Morgan fingerprint density at radius 3 is 2.32 bits per heavy atom. The van der Waals surface area contributed by atoms with Crippen LogP contribution in [0.2, 0.25) is 0 Å². The van der Waals surface area contributed by atoms with Crippen molar-refractivity contribution in [1.29, 1.82) is 0 Å². The lowest BCUT2D eigenvalue weighted by Gasteiger charge is -2.16. The zero-order chi connectivity index (χ0) is 22.3. The SMILES string of the molecule is Cc1c(-c2ccccc2)sc2c1c(=O)c([S+]([O-])C(C)C)cn2Cc1c(F)cccc1F. The standard InChI is InChI=1S/C24H21F2NO2S2/c1-14(2)31(29)20-13-27(12-17-18(25)10-7-11-19(17)26)24-21(22(20)28)15(3)23(30-24)16-8-5-4-6-9-16/h4-11,13-14H,12H2,1-3H3. The lowest BCUT2D eigenvalue weighted by atomic mass is 10.1. The summed E-state index contributed by atoms with van der Waals surface area (Å²) in [6.07, 6.45) is 1.50. The van der Waals surface area contributed by atoms with Gasteiger partial charge in [-0.05, 0) is 55.2 Å². The van der Waals surface area contributed by atoms with Crippen LogP contribution < -0.4 is 5.43 Å². The molecular weight excluding hydrogens is 436 g/mol. The summed E-state index contributed by atoms with van der Waals surface area (Å²) in [6, 6.07) is 13.4. The van der Waals surface area contributed by atoms with E-state index < -0.39 is 22.8 Å². The highest BCUT2D eigenvalue weighted by atomic mass is 32.2. The molecule has 0 aliphatic carbocycles. The number of fused-ring (bicyclic) bond motifs is 1. The molecule has 1 atom stereocenters. The molecule has 0 fully saturated rings. The normalized spacial score (nSPS) is 12.6. The quantitative estimate of drug-likeness (QED) is 0.351. The molecule has 0 radical (unpaired) electrons. The number of nitrogens with zero attached hydrogens (tertiary/aromatic N) is 1. The van der Waals surface area contributed by atoms with Crippen molar-refractivity contribution >= 4 is 32.7 Å². The lowest BCUT2D eigenvalue weighted by molar-refractivity contribution is 0.545. The predicted molar refractivity (Wildman–Crippen MR) is 123 cm³/mol. The smallest absolute Gasteiger partial charge is 0.245 e. The lowest BCUT2D eigenvalue weighted by Crippen LogP contribution is -2.24. The van der Waals surface area contributed by atoms with E-state index in [1.165, 1.54) is 35.7 Å². The highest BCUT2D eigenvalue weighted by molar-refractivity contribution is 7.92. The number of rotatable bonds is 5. The number of pyridine rings is 1. The van der Waals surface area contributed by atoms with Gasteiger partial charge in [0.25, 0.3) is 0 Å². The molecule has 0 saturated carbocycles. The molecule has 7 heteroatoms. The van der Waals surface area contributed by atoms with E-state index >= 15 is 0 Å². The van der Waals surface area contributed by atoms with Crippen LogP contribution in [0.25, 0.3) is 20.7 Å². The second-order valence-electron chi connectivity index (χ2n) is 7.60. The maximum absolute atomic E-state index is 14.4. The molecule has 3 nitrogen and oxygen atoms in total. The third-order valence-electron chi connectivity index (χ3n) is 5.18. The van der Waals surface area contributed by atoms with Gasteiger partial charge in [0, 0.05) is 10.4 Å². The summed E-state index contributed by atoms with van der Waals surface area (Å²) >= 11 is -0.145. The molecule has 1 unspecified atom stereocenters. The Kier molecular flexibility index (Phi) is 6.01. The Labute approximate surface area is 186 Å². The Bertz CT molecular complexity index is 1290. The van der Waals surface area contributed by atoms with Crippen molar-refractivity contribution < 1.29 is 13.3 Å². The van der Waals surface area contributed by atoms with E-state index in [-0.39, 0.29) is 27.7 Å². The maximum Gasteiger partial charge on any atom is 0.245 e. The van der Waals surface area contributed by atoms with Crippen LogP contribution in [0.4, 0.5) is 8.78 Å². The van der Waals surface area contributed by atoms with Gasteiger partial charge in [-0.1, -0.05) is 36.4 Å². The number of hydrogen-bond acceptors (Lipinski definition) is 3. The van der Waals surface area contributed by atoms with Crippen molar-refractivity contribution in [2.45, 2.75) is 37.5 Å². The Hall–Kier alpha value is -2.48. The molecule has 0 bridgehead atoms. The van der Waals surface area contributed by atoms with Gasteiger partial charge in [0.15, 0.2) is 0 Å². The molecule has 4 rings (SSSR count). The number of aryl methyl sites for hydroxylation is 1. The minimum absolute atomic E-state index is 0.0963. The maximum atomic E-state index is 14.4. The average molecular weight is 458 g/mol. The molecule has 4 aromatic rings. The minimum Gasteiger partial charge on any atom is -0.611 e. The first-order valence-corrected chi connectivity index (χ1v) is 11.9. The molecule has 31 heavy (non-hydrogen) atoms. The van der Waals surface area contributed by atoms with Crippen molar-refractivity contribution in [1.82, 2.24) is 4.57 Å². The highest BCUT2D eigenvalue weighted by Crippen LogP contribution is 2.37. The van der Waals surface area contributed by atoms with E-state index in [2.05, 4.69) is 0 Å². The molecule has 0 N–H and O–H groups in total. The Balaban J connectivity index is 2.02. The van der Waals surface area contributed by atoms with E-state index in [1.807, 2.05) is 37.3 Å². The van der Waals surface area contributed by atoms with E-state index in [1.54, 1.807) is 18.4 Å². The van der Waals surface area contributed by atoms with Gasteiger partial charge in [0.05, 0.1) is 18.1 Å². The fourth-order valence-electron chi connectivity index (χ4n) is 3.58. The zero-order valence-corrected chi connectivity index (χ0v) is 18.9. The van der Waals surface area contributed by atoms with Gasteiger partial charge in [-0.25, -0.2) is 8.78 Å². The van der Waals surface area contributed by atoms with Gasteiger partial charge in [0.1, 0.15) is 21.7 Å². The summed E-state index contributed by atoms with van der Waals surface area (Å²) in [7, 11) is 0. The molecule has 0 aliphatic rings. The fraction of sp³-hybridized carbons (Fsp3) is 0.208. The average Bonchev–Trinajstić information content (AvgIpc) is 3.10. The first-order chi connectivity index (χ1) is 14.8. The topological polar surface area (TPSA) is 45.1 Å². The minimum atomic E-state index is -1.54. The number of halogens is 2. The zero-order valence-electron chi connectivity index (χ0n) is 17.3. The number of hydrogen-bond donors (Lipinski definition) is 0. The van der Waals surface area contributed by atoms with E-state index in [9.17, 15) is 18.1 Å². The predicted octanol–water partition coefficient (Wildman–Crippen LogP) is 5.88. The third kappa shape index (κ3) is 3.93. The second kappa shape index (κ2) is 8.57. The van der Waals surface area contributed by atoms with Gasteiger partial charge in [-0.15, -0.1) is 11.3 Å². The molecule has 0 aliphatic heterocycles. The molecule has 160 valence electrons. The molecule has 2 heterocycles. The molecular formula is C24H21F2NO2S2. The number of thiophene rings is 1. The van der Waals surface area contributed by atoms with Crippen LogP contribution in [-0.4, -0.2) is 14.4 Å². The van der Waals surface area contributed by atoms with Crippen molar-refractivity contribution in [3.63, 3.8) is 0 Å². The molecule has 2 aromatic carbocycles. The molecule has 2 aromatic heterocycles. The molecule has 0 saturated heterocycles. The third-order valence-corrected chi connectivity index (χ3v) is 8.14. The van der Waals surface area contributed by atoms with Crippen molar-refractivity contribution in [3.8, 4) is 10.4 Å². The number of benzene rings is 2. The van der Waals surface area contributed by atoms with E-state index in [0.29, 0.717) is 10.2 Å². The van der Waals surface area contributed by atoms with Crippen LogP contribution in [0, 0.1) is 18.6 Å². The van der Waals surface area contributed by atoms with Gasteiger partial charge in [-0.3, -0.25) is 4.79 Å². The summed E-state index contributed by atoms with van der Waals surface area (Å²) in [5.41, 5.74) is 1.35. The first kappa shape index (κ1) is 21.7. The molecule has 0 amide bonds. The van der Waals surface area contributed by atoms with Crippen molar-refractivity contribution in [3.05, 3.63) is 87.7 Å². The first-order valence-electron chi connectivity index (χ1n) is 9.85. The Morgan fingerprint density at radius 1 is 1.06 bits per heavy atom. The summed E-state index contributed by atoms with van der Waals surface area (Å²) in [5, 5.41) is 0.184. The number of aromatic nitrogens is 1. The van der Waals surface area contributed by atoms with Gasteiger partial charge in [-0.2, -0.15) is 0 Å². The van der Waals surface area contributed by atoms with E-state index in [0.717, 1.165) is 16.0 Å². The fourth-order valence-corrected chi connectivity index (χ4v) is 5.89. The summed E-state index contributed by atoms with van der Waals surface area (Å²) in [6.45, 7) is 5.30. The van der Waals surface area contributed by atoms with Gasteiger partial charge < -0.3 is 9.12 Å². The van der Waals surface area contributed by atoms with Gasteiger partial charge in [0.2, 0.25) is 10.3 Å². The monoisotopic (exact) mass is 457 g/mol. The summed E-state index contributed by atoms with van der Waals surface area (Å²) in [5.74, 6) is -1.31. The van der Waals surface area contributed by atoms with Crippen LogP contribution in [-0.2, 0) is 17.7 Å². The van der Waals surface area contributed by atoms with Crippen LogP contribution >= 0.6 is 11.3 Å².